The number of hydrogen-bond donors (Lipinski definition) is 0. The van der Waals surface area contributed by atoms with E-state index in [-0.39, 0.29) is 5.48 Å². The first-order valence-electron chi connectivity index (χ1n) is 0.644. The van der Waals surface area contributed by atoms with Gasteiger partial charge in [0, 0.05) is 0 Å². The average molecular weight is 61.1 g/mol. The molecule has 2 nitrogen and oxygen atoms in total. The molecule has 1 radical (unpaired) electrons. The van der Waals surface area contributed by atoms with Gasteiger partial charge in [0.25, 0.3) is 0 Å². The Morgan fingerprint density at radius 1 is 1.75 bits per heavy atom. The molecule has 0 spiro atoms. The second-order valence-corrected chi connectivity index (χ2v) is 0.167. The van der Waals surface area contributed by atoms with Gasteiger partial charge in [-0.05, 0) is 0 Å². The molecular formula is C2H5O2. The van der Waals surface area contributed by atoms with Gasteiger partial charge in [-0.2, -0.15) is 0 Å². The van der Waals surface area contributed by atoms with Gasteiger partial charge in [0.05, 0.1) is 0 Å². The Kier molecular flexibility index (Phi) is 54.7. The van der Waals surface area contributed by atoms with Gasteiger partial charge >= 0.3 is 0 Å². The summed E-state index contributed by atoms with van der Waals surface area (Å²) in [4.78, 5) is 0. The highest BCUT2D eigenvalue weighted by Gasteiger charge is 1.20. The molecule has 0 aromatic rings. The summed E-state index contributed by atoms with van der Waals surface area (Å²) in [7, 11) is 0. The maximum Gasteiger partial charge on any atom is 0.135 e. The molecule has 0 amide bonds. The summed E-state index contributed by atoms with van der Waals surface area (Å²) in [5.41, 5.74) is 0. The lowest BCUT2D eigenvalue weighted by molar-refractivity contribution is 0.353. The van der Waals surface area contributed by atoms with E-state index in [4.69, 9.17) is 5.11 Å². The van der Waals surface area contributed by atoms with Gasteiger partial charge in [0.1, 0.15) is 6.26 Å². The predicted molar refractivity (Wildman–Crippen MR) is 14.5 cm³/mol. The Balaban J connectivity index is 0. The van der Waals surface area contributed by atoms with Crippen molar-refractivity contribution in [2.45, 2.75) is 0 Å². The Labute approximate surface area is 24.7 Å². The van der Waals surface area contributed by atoms with Gasteiger partial charge in [0.15, 0.2) is 0 Å². The van der Waals surface area contributed by atoms with Crippen molar-refractivity contribution in [2.75, 3.05) is 0 Å². The van der Waals surface area contributed by atoms with Crippen LogP contribution in [0.3, 0.4) is 0 Å². The zero-order chi connectivity index (χ0) is 2.71. The van der Waals surface area contributed by atoms with Crippen molar-refractivity contribution in [3.8, 4) is 0 Å². The molecule has 0 bridgehead atoms. The minimum Gasteiger partial charge on any atom is -0.412 e. The predicted octanol–water partition coefficient (Wildman–Crippen LogP) is -0.264. The Bertz CT molecular complexity index is 11.5. The third-order valence-electron chi connectivity index (χ3n) is 0. The highest BCUT2D eigenvalue weighted by Crippen LogP contribution is 1.30. The van der Waals surface area contributed by atoms with E-state index >= 15 is 0 Å². The van der Waals surface area contributed by atoms with Crippen LogP contribution < -0.4 is 0 Å². The summed E-state index contributed by atoms with van der Waals surface area (Å²) in [6.45, 7) is 2.81. The van der Waals surface area contributed by atoms with Crippen LogP contribution in [0, 0.1) is 0 Å². The van der Waals surface area contributed by atoms with E-state index in [9.17, 15) is 0 Å². The minimum atomic E-state index is 0. The molecule has 2 N–H and O–H groups in total. The maximum atomic E-state index is 8.69. The lowest BCUT2D eigenvalue weighted by atomic mass is 11.2. The minimum absolute atomic E-state index is 0. The zero-order valence-corrected chi connectivity index (χ0v) is 2.19. The fourth-order valence-electron chi connectivity index (χ4n) is 0. The Morgan fingerprint density at radius 2 is 1.75 bits per heavy atom. The van der Waals surface area contributed by atoms with Crippen molar-refractivity contribution in [2.24, 2.45) is 0 Å². The fraction of sp³-hybridized carbons (Fsp3) is 0. The summed E-state index contributed by atoms with van der Waals surface area (Å²) < 4.78 is 0. The van der Waals surface area contributed by atoms with Crippen molar-refractivity contribution < 1.29 is 10.6 Å². The molecule has 2 heteroatoms. The molecule has 0 heterocycles. The van der Waals surface area contributed by atoms with Crippen LogP contribution in [0.15, 0.2) is 12.8 Å². The summed E-state index contributed by atoms with van der Waals surface area (Å²) in [6, 6.07) is 0. The molecule has 0 aliphatic heterocycles. The quantitative estimate of drug-likeness (QED) is 0.346. The molecule has 0 aliphatic carbocycles. The molecule has 0 aromatic carbocycles. The maximum absolute atomic E-state index is 8.69. The Hall–Kier alpha value is -0.500. The van der Waals surface area contributed by atoms with Crippen LogP contribution in [0.2, 0.25) is 0 Å². The topological polar surface area (TPSA) is 51.4 Å². The normalized spacial score (nSPS) is 3.00. The van der Waals surface area contributed by atoms with E-state index in [1.165, 1.54) is 0 Å². The first-order chi connectivity index (χ1) is 1.41. The molecule has 4 heavy (non-hydrogen) atoms. The first-order valence-corrected chi connectivity index (χ1v) is 0.644. The van der Waals surface area contributed by atoms with Crippen LogP contribution in [-0.4, -0.2) is 5.48 Å². The van der Waals surface area contributed by atoms with Crippen LogP contribution in [0.25, 0.3) is 0 Å². The van der Waals surface area contributed by atoms with Gasteiger partial charge in [-0.3, -0.25) is 5.11 Å². The van der Waals surface area contributed by atoms with E-state index in [1.807, 2.05) is 0 Å². The van der Waals surface area contributed by atoms with Gasteiger partial charge in [-0.1, -0.05) is 6.58 Å². The third-order valence-corrected chi connectivity index (χ3v) is 0. The van der Waals surface area contributed by atoms with Crippen LogP contribution >= 0.6 is 0 Å². The molecule has 0 atom stereocenters. The molecule has 0 unspecified atom stereocenters. The van der Waals surface area contributed by atoms with Crippen molar-refractivity contribution in [1.29, 1.82) is 0 Å². The summed E-state index contributed by atoms with van der Waals surface area (Å²) in [5, 5.41) is 8.69. The van der Waals surface area contributed by atoms with Crippen molar-refractivity contribution >= 4 is 0 Å². The summed E-state index contributed by atoms with van der Waals surface area (Å²) in [6.07, 6.45) is 0.500. The molecule has 0 saturated carbocycles. The molecule has 0 aromatic heterocycles. The average Bonchev–Trinajstić information content (AvgIpc) is 0.918. The molecular weight excluding hydrogens is 56.0 g/mol. The van der Waals surface area contributed by atoms with E-state index < -0.39 is 0 Å². The van der Waals surface area contributed by atoms with Crippen LogP contribution in [-0.2, 0) is 5.11 Å². The van der Waals surface area contributed by atoms with Crippen molar-refractivity contribution in [1.82, 2.24) is 0 Å². The lowest BCUT2D eigenvalue weighted by Gasteiger charge is -1.29. The molecule has 0 fully saturated rings. The van der Waals surface area contributed by atoms with Gasteiger partial charge < -0.3 is 5.48 Å². The molecule has 0 aliphatic rings. The van der Waals surface area contributed by atoms with Gasteiger partial charge in [-0.15, -0.1) is 0 Å². The Morgan fingerprint density at radius 3 is 1.75 bits per heavy atom. The summed E-state index contributed by atoms with van der Waals surface area (Å²) in [5.74, 6) is 0. The molecule has 0 saturated heterocycles. The van der Waals surface area contributed by atoms with Crippen LogP contribution in [0.1, 0.15) is 0 Å². The number of rotatable bonds is 0. The molecule has 0 rings (SSSR count). The van der Waals surface area contributed by atoms with Crippen molar-refractivity contribution in [3.05, 3.63) is 12.8 Å². The van der Waals surface area contributed by atoms with E-state index in [0.717, 1.165) is 0 Å². The van der Waals surface area contributed by atoms with E-state index in [0.29, 0.717) is 6.26 Å². The molecule has 25 valence electrons. The van der Waals surface area contributed by atoms with Gasteiger partial charge in [-0.25, -0.2) is 0 Å². The fourth-order valence-corrected chi connectivity index (χ4v) is 0. The van der Waals surface area contributed by atoms with Crippen LogP contribution in [0.4, 0.5) is 0 Å². The summed E-state index contributed by atoms with van der Waals surface area (Å²) >= 11 is 0. The highest BCUT2D eigenvalue weighted by atomic mass is 16.2. The van der Waals surface area contributed by atoms with E-state index in [1.54, 1.807) is 0 Å². The lowest BCUT2D eigenvalue weighted by Crippen LogP contribution is -1.17. The highest BCUT2D eigenvalue weighted by molar-refractivity contribution is 4.37. The second-order valence-electron chi connectivity index (χ2n) is 0.167. The first kappa shape index (κ1) is 9.72. The van der Waals surface area contributed by atoms with Gasteiger partial charge in [0.2, 0.25) is 0 Å². The largest absolute Gasteiger partial charge is 0.412 e. The third kappa shape index (κ3) is 1.50. The zero-order valence-electron chi connectivity index (χ0n) is 2.19. The SMILES string of the molecule is C=C[O].O. The monoisotopic (exact) mass is 61.0 g/mol. The smallest absolute Gasteiger partial charge is 0.135 e. The standard InChI is InChI=1S/C2H3O.H2O/c1-2-3;/h2H,1H2;1H2. The second kappa shape index (κ2) is 22.5. The van der Waals surface area contributed by atoms with E-state index in [2.05, 4.69) is 6.58 Å². The van der Waals surface area contributed by atoms with Crippen LogP contribution in [0.5, 0.6) is 0 Å². The van der Waals surface area contributed by atoms with Crippen molar-refractivity contribution in [3.63, 3.8) is 0 Å². The number of hydrogen-bond acceptors (Lipinski definition) is 0.